The third kappa shape index (κ3) is 2.13. The summed E-state index contributed by atoms with van der Waals surface area (Å²) in [6, 6.07) is 0. The molecule has 1 heterocycles. The number of sulfonamides is 1. The number of carboxylic acid groups (broad SMARTS) is 1. The minimum atomic E-state index is -5.17. The van der Waals surface area contributed by atoms with Crippen molar-refractivity contribution in [2.45, 2.75) is 25.6 Å². The Labute approximate surface area is 96.3 Å². The SMILES string of the molecule is CC1CN(C(C)(C(=O)O)C(F)(F)F)S(=O)(=O)C1. The topological polar surface area (TPSA) is 74.7 Å². The first-order chi connectivity index (χ1) is 7.43. The number of rotatable bonds is 2. The molecule has 0 amide bonds. The first kappa shape index (κ1) is 14.2. The lowest BCUT2D eigenvalue weighted by molar-refractivity contribution is -0.220. The molecule has 1 rings (SSSR count). The van der Waals surface area contributed by atoms with Crippen molar-refractivity contribution in [3.05, 3.63) is 0 Å². The molecule has 0 radical (unpaired) electrons. The van der Waals surface area contributed by atoms with Crippen molar-refractivity contribution in [3.63, 3.8) is 0 Å². The van der Waals surface area contributed by atoms with Crippen LogP contribution in [0.4, 0.5) is 13.2 Å². The van der Waals surface area contributed by atoms with E-state index in [9.17, 15) is 26.4 Å². The summed E-state index contributed by atoms with van der Waals surface area (Å²) in [6.45, 7) is 1.38. The molecule has 0 saturated carbocycles. The van der Waals surface area contributed by atoms with Crippen LogP contribution < -0.4 is 0 Å². The highest BCUT2D eigenvalue weighted by atomic mass is 32.2. The van der Waals surface area contributed by atoms with Gasteiger partial charge < -0.3 is 5.11 Å². The average molecular weight is 275 g/mol. The van der Waals surface area contributed by atoms with Gasteiger partial charge in [0.25, 0.3) is 0 Å². The van der Waals surface area contributed by atoms with E-state index in [0.717, 1.165) is 0 Å². The van der Waals surface area contributed by atoms with Gasteiger partial charge in [0.15, 0.2) is 0 Å². The van der Waals surface area contributed by atoms with Crippen molar-refractivity contribution in [2.75, 3.05) is 12.3 Å². The normalized spacial score (nSPS) is 28.9. The van der Waals surface area contributed by atoms with Crippen LogP contribution in [0.2, 0.25) is 0 Å². The van der Waals surface area contributed by atoms with Gasteiger partial charge in [-0.15, -0.1) is 0 Å². The monoisotopic (exact) mass is 275 g/mol. The molecule has 1 saturated heterocycles. The van der Waals surface area contributed by atoms with Crippen molar-refractivity contribution >= 4 is 16.0 Å². The fraction of sp³-hybridized carbons (Fsp3) is 0.875. The smallest absolute Gasteiger partial charge is 0.418 e. The summed E-state index contributed by atoms with van der Waals surface area (Å²) in [6.07, 6.45) is -5.17. The second-order valence-corrected chi connectivity index (χ2v) is 6.23. The number of carbonyl (C=O) groups is 1. The summed E-state index contributed by atoms with van der Waals surface area (Å²) >= 11 is 0. The molecule has 2 unspecified atom stereocenters. The largest absolute Gasteiger partial charge is 0.480 e. The van der Waals surface area contributed by atoms with Gasteiger partial charge in [-0.2, -0.15) is 17.5 Å². The predicted octanol–water partition coefficient (Wildman–Crippen LogP) is 0.673. The molecule has 1 aliphatic rings. The van der Waals surface area contributed by atoms with Gasteiger partial charge in [0.1, 0.15) is 0 Å². The average Bonchev–Trinajstić information content (AvgIpc) is 2.35. The number of alkyl halides is 3. The molecule has 5 nitrogen and oxygen atoms in total. The molecular weight excluding hydrogens is 263 g/mol. The molecule has 1 fully saturated rings. The first-order valence-electron chi connectivity index (χ1n) is 4.73. The minimum absolute atomic E-state index is 0.0347. The zero-order chi connectivity index (χ0) is 13.6. The zero-order valence-corrected chi connectivity index (χ0v) is 9.97. The van der Waals surface area contributed by atoms with Crippen molar-refractivity contribution in [2.24, 2.45) is 5.92 Å². The fourth-order valence-electron chi connectivity index (χ4n) is 1.73. The Morgan fingerprint density at radius 2 is 1.88 bits per heavy atom. The molecule has 1 N–H and O–H groups in total. The van der Waals surface area contributed by atoms with Crippen LogP contribution in [0.1, 0.15) is 13.8 Å². The maximum absolute atomic E-state index is 12.8. The van der Waals surface area contributed by atoms with E-state index in [-0.39, 0.29) is 4.31 Å². The van der Waals surface area contributed by atoms with E-state index in [4.69, 9.17) is 5.11 Å². The van der Waals surface area contributed by atoms with Crippen LogP contribution in [0, 0.1) is 5.92 Å². The lowest BCUT2D eigenvalue weighted by atomic mass is 10.0. The number of hydrogen-bond donors (Lipinski definition) is 1. The Kier molecular flexibility index (Phi) is 3.21. The molecule has 1 aliphatic heterocycles. The summed E-state index contributed by atoms with van der Waals surface area (Å²) in [5, 5.41) is 8.72. The van der Waals surface area contributed by atoms with Crippen LogP contribution in [0.5, 0.6) is 0 Å². The quantitative estimate of drug-likeness (QED) is 0.804. The predicted molar refractivity (Wildman–Crippen MR) is 51.8 cm³/mol. The molecule has 0 aromatic heterocycles. The van der Waals surface area contributed by atoms with E-state index in [2.05, 4.69) is 0 Å². The second-order valence-electron chi connectivity index (χ2n) is 4.29. The summed E-state index contributed by atoms with van der Waals surface area (Å²) in [5.74, 6) is -3.21. The summed E-state index contributed by atoms with van der Waals surface area (Å²) < 4.78 is 61.5. The third-order valence-electron chi connectivity index (χ3n) is 2.78. The van der Waals surface area contributed by atoms with Crippen molar-refractivity contribution in [1.82, 2.24) is 4.31 Å². The van der Waals surface area contributed by atoms with Gasteiger partial charge >= 0.3 is 12.1 Å². The van der Waals surface area contributed by atoms with Crippen LogP contribution in [-0.2, 0) is 14.8 Å². The van der Waals surface area contributed by atoms with Crippen LogP contribution in [0.3, 0.4) is 0 Å². The lowest BCUT2D eigenvalue weighted by Crippen LogP contribution is -2.62. The van der Waals surface area contributed by atoms with E-state index in [1.54, 1.807) is 0 Å². The molecule has 2 atom stereocenters. The Balaban J connectivity index is 3.33. The number of aliphatic carboxylic acids is 1. The fourth-order valence-corrected chi connectivity index (χ4v) is 3.95. The van der Waals surface area contributed by atoms with Gasteiger partial charge in [-0.1, -0.05) is 6.92 Å². The van der Waals surface area contributed by atoms with Gasteiger partial charge in [-0.25, -0.2) is 13.2 Å². The maximum atomic E-state index is 12.8. The first-order valence-corrected chi connectivity index (χ1v) is 6.34. The van der Waals surface area contributed by atoms with E-state index in [1.807, 2.05) is 0 Å². The minimum Gasteiger partial charge on any atom is -0.480 e. The third-order valence-corrected chi connectivity index (χ3v) is 4.95. The highest BCUT2D eigenvalue weighted by molar-refractivity contribution is 7.89. The van der Waals surface area contributed by atoms with E-state index < -0.39 is 45.9 Å². The Morgan fingerprint density at radius 1 is 1.41 bits per heavy atom. The summed E-state index contributed by atoms with van der Waals surface area (Å²) in [5.41, 5.74) is -3.41. The molecule has 100 valence electrons. The zero-order valence-electron chi connectivity index (χ0n) is 9.15. The molecule has 0 bridgehead atoms. The highest BCUT2D eigenvalue weighted by Crippen LogP contribution is 2.40. The molecule has 0 aromatic rings. The van der Waals surface area contributed by atoms with Gasteiger partial charge in [0.05, 0.1) is 5.75 Å². The van der Waals surface area contributed by atoms with Crippen molar-refractivity contribution in [1.29, 1.82) is 0 Å². The number of halogens is 3. The standard InChI is InChI=1S/C8H12F3NO4S/c1-5-3-12(17(15,16)4-5)7(2,6(13)14)8(9,10)11/h5H,3-4H2,1-2H3,(H,13,14). The Hall–Kier alpha value is -0.830. The molecule has 9 heteroatoms. The molecule has 0 spiro atoms. The van der Waals surface area contributed by atoms with Gasteiger partial charge in [-0.3, -0.25) is 0 Å². The van der Waals surface area contributed by atoms with Gasteiger partial charge in [-0.05, 0) is 12.8 Å². The van der Waals surface area contributed by atoms with Gasteiger partial charge in [0, 0.05) is 6.54 Å². The van der Waals surface area contributed by atoms with Crippen LogP contribution >= 0.6 is 0 Å². The van der Waals surface area contributed by atoms with Crippen LogP contribution in [0.25, 0.3) is 0 Å². The molecule has 0 aliphatic carbocycles. The Morgan fingerprint density at radius 3 is 2.12 bits per heavy atom. The van der Waals surface area contributed by atoms with Crippen molar-refractivity contribution in [3.8, 4) is 0 Å². The highest BCUT2D eigenvalue weighted by Gasteiger charge is 2.65. The molecular formula is C8H12F3NO4S. The van der Waals surface area contributed by atoms with Gasteiger partial charge in [0.2, 0.25) is 15.6 Å². The van der Waals surface area contributed by atoms with Crippen LogP contribution in [-0.4, -0.2) is 47.8 Å². The van der Waals surface area contributed by atoms with E-state index >= 15 is 0 Å². The number of hydrogen-bond acceptors (Lipinski definition) is 3. The maximum Gasteiger partial charge on any atom is 0.418 e. The lowest BCUT2D eigenvalue weighted by Gasteiger charge is -2.34. The number of nitrogens with zero attached hydrogens (tertiary/aromatic N) is 1. The summed E-state index contributed by atoms with van der Waals surface area (Å²) in [7, 11) is -4.19. The van der Waals surface area contributed by atoms with Crippen molar-refractivity contribution < 1.29 is 31.5 Å². The second kappa shape index (κ2) is 3.84. The van der Waals surface area contributed by atoms with E-state index in [1.165, 1.54) is 6.92 Å². The van der Waals surface area contributed by atoms with Crippen LogP contribution in [0.15, 0.2) is 0 Å². The summed E-state index contributed by atoms with van der Waals surface area (Å²) in [4.78, 5) is 10.8. The number of carboxylic acids is 1. The Bertz CT molecular complexity index is 433. The van der Waals surface area contributed by atoms with E-state index in [0.29, 0.717) is 6.92 Å². The molecule has 0 aromatic carbocycles. The molecule has 17 heavy (non-hydrogen) atoms.